The molecule has 0 amide bonds. The maximum Gasteiger partial charge on any atom is 0.127 e. The maximum absolute atomic E-state index is 9.47. The summed E-state index contributed by atoms with van der Waals surface area (Å²) in [6, 6.07) is 15.6. The van der Waals surface area contributed by atoms with Crippen molar-refractivity contribution >= 4 is 0 Å². The highest BCUT2D eigenvalue weighted by Crippen LogP contribution is 2.36. The van der Waals surface area contributed by atoms with Gasteiger partial charge in [0.2, 0.25) is 0 Å². The van der Waals surface area contributed by atoms with Gasteiger partial charge in [0.15, 0.2) is 0 Å². The van der Waals surface area contributed by atoms with Crippen LogP contribution >= 0.6 is 0 Å². The number of benzene rings is 2. The van der Waals surface area contributed by atoms with Crippen LogP contribution in [0.1, 0.15) is 23.7 Å². The van der Waals surface area contributed by atoms with Crippen LogP contribution in [0.3, 0.4) is 0 Å². The van der Waals surface area contributed by atoms with Crippen molar-refractivity contribution in [1.82, 2.24) is 0 Å². The quantitative estimate of drug-likeness (QED) is 0.806. The number of aromatic hydroxyl groups is 1. The molecule has 2 heteroatoms. The predicted molar refractivity (Wildman–Crippen MR) is 66.2 cm³/mol. The molecule has 2 nitrogen and oxygen atoms in total. The molecule has 1 N–H and O–H groups in total. The van der Waals surface area contributed by atoms with Crippen molar-refractivity contribution in [3.8, 4) is 11.5 Å². The average molecular weight is 226 g/mol. The molecule has 0 spiro atoms. The zero-order valence-corrected chi connectivity index (χ0v) is 9.47. The van der Waals surface area contributed by atoms with Gasteiger partial charge in [-0.15, -0.1) is 0 Å². The van der Waals surface area contributed by atoms with Crippen LogP contribution in [0.2, 0.25) is 0 Å². The Labute approximate surface area is 100 Å². The first kappa shape index (κ1) is 10.2. The predicted octanol–water partition coefficient (Wildman–Crippen LogP) is 3.46. The first-order valence-electron chi connectivity index (χ1n) is 5.86. The van der Waals surface area contributed by atoms with E-state index in [4.69, 9.17) is 4.74 Å². The van der Waals surface area contributed by atoms with E-state index in [9.17, 15) is 5.11 Å². The molecule has 1 atom stereocenters. The standard InChI is InChI=1S/C15H14O2/c16-13-8-6-12-7-9-14(17-15(12)10-13)11-4-2-1-3-5-11/h1-6,8,10,14,16H,7,9H2/t14-/m1/s1. The van der Waals surface area contributed by atoms with Gasteiger partial charge in [-0.3, -0.25) is 0 Å². The molecule has 1 heterocycles. The molecule has 1 aliphatic rings. The van der Waals surface area contributed by atoms with Gasteiger partial charge in [-0.2, -0.15) is 0 Å². The fraction of sp³-hybridized carbons (Fsp3) is 0.200. The van der Waals surface area contributed by atoms with Crippen LogP contribution in [-0.2, 0) is 6.42 Å². The minimum absolute atomic E-state index is 0.102. The molecule has 0 unspecified atom stereocenters. The molecule has 0 aliphatic carbocycles. The van der Waals surface area contributed by atoms with Gasteiger partial charge < -0.3 is 9.84 Å². The Morgan fingerprint density at radius 3 is 2.71 bits per heavy atom. The van der Waals surface area contributed by atoms with Gasteiger partial charge in [0.05, 0.1) is 0 Å². The van der Waals surface area contributed by atoms with Gasteiger partial charge in [-0.05, 0) is 30.0 Å². The monoisotopic (exact) mass is 226 g/mol. The molecular formula is C15H14O2. The van der Waals surface area contributed by atoms with Crippen LogP contribution in [0.4, 0.5) is 0 Å². The number of phenols is 1. The Hall–Kier alpha value is -1.96. The fourth-order valence-corrected chi connectivity index (χ4v) is 2.26. The van der Waals surface area contributed by atoms with Gasteiger partial charge in [0.25, 0.3) is 0 Å². The van der Waals surface area contributed by atoms with E-state index in [0.717, 1.165) is 18.6 Å². The summed E-state index contributed by atoms with van der Waals surface area (Å²) >= 11 is 0. The number of fused-ring (bicyclic) bond motifs is 1. The summed E-state index contributed by atoms with van der Waals surface area (Å²) in [4.78, 5) is 0. The molecule has 2 aromatic rings. The third kappa shape index (κ3) is 1.98. The van der Waals surface area contributed by atoms with Crippen molar-refractivity contribution in [3.63, 3.8) is 0 Å². The van der Waals surface area contributed by atoms with Crippen molar-refractivity contribution in [2.75, 3.05) is 0 Å². The van der Waals surface area contributed by atoms with Crippen molar-refractivity contribution in [3.05, 3.63) is 59.7 Å². The summed E-state index contributed by atoms with van der Waals surface area (Å²) in [6.45, 7) is 0. The Morgan fingerprint density at radius 2 is 1.88 bits per heavy atom. The third-order valence-corrected chi connectivity index (χ3v) is 3.17. The lowest BCUT2D eigenvalue weighted by atomic mass is 9.97. The van der Waals surface area contributed by atoms with E-state index in [1.54, 1.807) is 12.1 Å². The summed E-state index contributed by atoms with van der Waals surface area (Å²) in [5, 5.41) is 9.47. The smallest absolute Gasteiger partial charge is 0.127 e. The van der Waals surface area contributed by atoms with Gasteiger partial charge >= 0.3 is 0 Å². The Bertz CT molecular complexity index is 520. The van der Waals surface area contributed by atoms with Crippen LogP contribution in [0.15, 0.2) is 48.5 Å². The number of hydrogen-bond donors (Lipinski definition) is 1. The molecule has 0 saturated heterocycles. The highest BCUT2D eigenvalue weighted by molar-refractivity contribution is 5.42. The number of hydrogen-bond acceptors (Lipinski definition) is 2. The zero-order chi connectivity index (χ0) is 11.7. The molecule has 3 rings (SSSR count). The second kappa shape index (κ2) is 4.13. The van der Waals surface area contributed by atoms with Gasteiger partial charge in [0, 0.05) is 6.07 Å². The van der Waals surface area contributed by atoms with Crippen LogP contribution in [-0.4, -0.2) is 5.11 Å². The van der Waals surface area contributed by atoms with Crippen molar-refractivity contribution in [2.24, 2.45) is 0 Å². The van der Waals surface area contributed by atoms with E-state index in [-0.39, 0.29) is 11.9 Å². The maximum atomic E-state index is 9.47. The van der Waals surface area contributed by atoms with E-state index < -0.39 is 0 Å². The lowest BCUT2D eigenvalue weighted by molar-refractivity contribution is 0.176. The van der Waals surface area contributed by atoms with Crippen LogP contribution in [0, 0.1) is 0 Å². The fourth-order valence-electron chi connectivity index (χ4n) is 2.26. The lowest BCUT2D eigenvalue weighted by Crippen LogP contribution is -2.14. The van der Waals surface area contributed by atoms with E-state index in [1.165, 1.54) is 11.1 Å². The Morgan fingerprint density at radius 1 is 1.06 bits per heavy atom. The molecule has 17 heavy (non-hydrogen) atoms. The minimum Gasteiger partial charge on any atom is -0.508 e. The highest BCUT2D eigenvalue weighted by atomic mass is 16.5. The van der Waals surface area contributed by atoms with Crippen molar-refractivity contribution in [2.45, 2.75) is 18.9 Å². The molecule has 0 saturated carbocycles. The largest absolute Gasteiger partial charge is 0.508 e. The van der Waals surface area contributed by atoms with E-state index in [1.807, 2.05) is 24.3 Å². The second-order valence-electron chi connectivity index (χ2n) is 4.35. The molecule has 1 aliphatic heterocycles. The molecule has 0 radical (unpaired) electrons. The Kier molecular flexibility index (Phi) is 2.48. The van der Waals surface area contributed by atoms with Crippen molar-refractivity contribution in [1.29, 1.82) is 0 Å². The van der Waals surface area contributed by atoms with E-state index in [0.29, 0.717) is 0 Å². The first-order valence-corrected chi connectivity index (χ1v) is 5.86. The number of rotatable bonds is 1. The van der Waals surface area contributed by atoms with Crippen LogP contribution in [0.5, 0.6) is 11.5 Å². The first-order chi connectivity index (χ1) is 8.33. The molecular weight excluding hydrogens is 212 g/mol. The highest BCUT2D eigenvalue weighted by Gasteiger charge is 2.21. The van der Waals surface area contributed by atoms with Crippen LogP contribution in [0.25, 0.3) is 0 Å². The normalized spacial score (nSPS) is 18.2. The summed E-state index contributed by atoms with van der Waals surface area (Å²) in [5.41, 5.74) is 2.37. The summed E-state index contributed by atoms with van der Waals surface area (Å²) in [7, 11) is 0. The number of aryl methyl sites for hydroxylation is 1. The van der Waals surface area contributed by atoms with Gasteiger partial charge in [0.1, 0.15) is 17.6 Å². The molecule has 2 aromatic carbocycles. The molecule has 0 aromatic heterocycles. The average Bonchev–Trinajstić information content (AvgIpc) is 2.39. The summed E-state index contributed by atoms with van der Waals surface area (Å²) < 4.78 is 5.94. The topological polar surface area (TPSA) is 29.5 Å². The Balaban J connectivity index is 1.90. The lowest BCUT2D eigenvalue weighted by Gasteiger charge is -2.26. The van der Waals surface area contributed by atoms with E-state index >= 15 is 0 Å². The van der Waals surface area contributed by atoms with Gasteiger partial charge in [-0.25, -0.2) is 0 Å². The summed E-state index contributed by atoms with van der Waals surface area (Å²) in [6.07, 6.45) is 2.09. The third-order valence-electron chi connectivity index (χ3n) is 3.17. The zero-order valence-electron chi connectivity index (χ0n) is 9.47. The second-order valence-corrected chi connectivity index (χ2v) is 4.35. The molecule has 0 bridgehead atoms. The number of ether oxygens (including phenoxy) is 1. The van der Waals surface area contributed by atoms with Crippen molar-refractivity contribution < 1.29 is 9.84 Å². The molecule has 0 fully saturated rings. The SMILES string of the molecule is Oc1ccc2c(c1)O[C@@H](c1ccccc1)CC2. The minimum atomic E-state index is 0.102. The number of phenolic OH excluding ortho intramolecular Hbond substituents is 1. The van der Waals surface area contributed by atoms with Crippen LogP contribution < -0.4 is 4.74 Å². The van der Waals surface area contributed by atoms with Gasteiger partial charge in [-0.1, -0.05) is 36.4 Å². The molecule has 86 valence electrons. The summed E-state index contributed by atoms with van der Waals surface area (Å²) in [5.74, 6) is 1.07. The van der Waals surface area contributed by atoms with E-state index in [2.05, 4.69) is 12.1 Å².